The van der Waals surface area contributed by atoms with Crippen molar-refractivity contribution in [3.05, 3.63) is 83.7 Å². The molecule has 1 amide bonds. The molecule has 39 heavy (non-hydrogen) atoms. The zero-order valence-corrected chi connectivity index (χ0v) is 20.8. The lowest BCUT2D eigenvalue weighted by Crippen LogP contribution is -2.50. The van der Waals surface area contributed by atoms with Crippen molar-refractivity contribution in [2.45, 2.75) is 31.8 Å². The van der Waals surface area contributed by atoms with Crippen LogP contribution in [0.25, 0.3) is 5.65 Å². The van der Waals surface area contributed by atoms with Crippen molar-refractivity contribution >= 4 is 28.7 Å². The first kappa shape index (κ1) is 16.1. The van der Waals surface area contributed by atoms with E-state index in [0.717, 1.165) is 25.5 Å². The monoisotopic (exact) mass is 541 g/mol. The smallest absolute Gasteiger partial charge is 0.255 e. The fourth-order valence-corrected chi connectivity index (χ4v) is 4.75. The summed E-state index contributed by atoms with van der Waals surface area (Å²) < 4.78 is 113. The van der Waals surface area contributed by atoms with Crippen LogP contribution in [0.15, 0.2) is 60.9 Å². The van der Waals surface area contributed by atoms with Crippen LogP contribution in [0.4, 0.5) is 26.0 Å². The van der Waals surface area contributed by atoms with Crippen LogP contribution in [-0.4, -0.2) is 64.4 Å². The van der Waals surface area contributed by atoms with Crippen LogP contribution in [0.3, 0.4) is 0 Å². The number of amides is 1. The molecule has 4 heterocycles. The van der Waals surface area contributed by atoms with Gasteiger partial charge in [0.1, 0.15) is 23.1 Å². The molecule has 8 nitrogen and oxygen atoms in total. The number of piperazine rings is 1. The van der Waals surface area contributed by atoms with Gasteiger partial charge in [-0.05, 0) is 75.3 Å². The molecular weight excluding hydrogens is 500 g/mol. The Hall–Kier alpha value is -4.05. The Kier molecular flexibility index (Phi) is 4.25. The number of aromatic nitrogens is 3. The number of halogens is 2. The van der Waals surface area contributed by atoms with E-state index >= 15 is 0 Å². The number of hydrogen-bond acceptors (Lipinski definition) is 6. The van der Waals surface area contributed by atoms with Crippen molar-refractivity contribution in [3.63, 3.8) is 0 Å². The zero-order chi connectivity index (χ0) is 35.9. The van der Waals surface area contributed by atoms with Crippen LogP contribution in [0, 0.1) is 11.6 Å². The van der Waals surface area contributed by atoms with Gasteiger partial charge in [0.25, 0.3) is 5.91 Å². The number of nitrogens with one attached hydrogen (secondary N) is 1. The summed E-state index contributed by atoms with van der Waals surface area (Å²) in [6.07, 6.45) is 4.29. The zero-order valence-electron chi connectivity index (χ0n) is 30.8. The molecule has 2 fully saturated rings. The van der Waals surface area contributed by atoms with Crippen LogP contribution in [0.1, 0.15) is 55.4 Å². The summed E-state index contributed by atoms with van der Waals surface area (Å²) in [6, 6.07) is 6.59. The molecular formula is C29H31F2N7O. The van der Waals surface area contributed by atoms with Crippen molar-refractivity contribution in [1.29, 1.82) is 0 Å². The van der Waals surface area contributed by atoms with E-state index in [-0.39, 0.29) is 33.0 Å². The fourth-order valence-electron chi connectivity index (χ4n) is 4.75. The van der Waals surface area contributed by atoms with Gasteiger partial charge >= 0.3 is 0 Å². The predicted octanol–water partition coefficient (Wildman–Crippen LogP) is 4.74. The van der Waals surface area contributed by atoms with Crippen molar-refractivity contribution in [2.75, 3.05) is 48.1 Å². The molecule has 2 saturated heterocycles. The third kappa shape index (κ3) is 4.92. The number of carbonyl (C=O) groups is 1. The Morgan fingerprint density at radius 2 is 2.03 bits per heavy atom. The first-order valence-corrected chi connectivity index (χ1v) is 12.3. The maximum Gasteiger partial charge on any atom is 0.255 e. The third-order valence-corrected chi connectivity index (χ3v) is 6.74. The molecule has 6 rings (SSSR count). The lowest BCUT2D eigenvalue weighted by atomic mass is 10.0. The molecule has 10 heteroatoms. The summed E-state index contributed by atoms with van der Waals surface area (Å²) in [5, 5.41) is 6.92. The van der Waals surface area contributed by atoms with Crippen LogP contribution in [-0.2, 0) is 0 Å². The molecule has 0 saturated carbocycles. The SMILES string of the molecule is [2H]C([2H])([2H])N1C([2H])([2H])C([2H])([2H])N(c2ccc(C(=O)Nc3cnn4ccc(N5CCCC5c5cc(F)ccc5F)nc34)cc2)C([2H])([2H])C1([2H])C. The Balaban J connectivity index is 1.26. The number of carbonyl (C=O) groups excluding carboxylic acids is 1. The summed E-state index contributed by atoms with van der Waals surface area (Å²) in [6.45, 7) is -11.7. The molecule has 2 aliphatic rings. The Labute approximate surface area is 239 Å². The molecule has 2 aromatic carbocycles. The molecule has 4 aromatic rings. The Morgan fingerprint density at radius 3 is 2.85 bits per heavy atom. The van der Waals surface area contributed by atoms with E-state index in [1.54, 1.807) is 12.3 Å². The second-order valence-corrected chi connectivity index (χ2v) is 9.22. The van der Waals surface area contributed by atoms with Crippen molar-refractivity contribution < 1.29 is 27.3 Å². The number of fused-ring (bicyclic) bond motifs is 1. The highest BCUT2D eigenvalue weighted by molar-refractivity contribution is 6.06. The predicted molar refractivity (Wildman–Crippen MR) is 147 cm³/mol. The highest BCUT2D eigenvalue weighted by Gasteiger charge is 2.30. The number of rotatable bonds is 5. The average molecular weight is 542 g/mol. The highest BCUT2D eigenvalue weighted by Crippen LogP contribution is 2.37. The van der Waals surface area contributed by atoms with E-state index in [1.807, 2.05) is 4.90 Å². The van der Waals surface area contributed by atoms with Gasteiger partial charge in [0.05, 0.1) is 17.7 Å². The molecule has 0 bridgehead atoms. The second-order valence-electron chi connectivity index (χ2n) is 9.22. The van der Waals surface area contributed by atoms with E-state index in [0.29, 0.717) is 23.7 Å². The van der Waals surface area contributed by atoms with E-state index in [1.165, 1.54) is 41.0 Å². The average Bonchev–Trinajstić information content (AvgIpc) is 3.64. The minimum Gasteiger partial charge on any atom is -0.369 e. The minimum absolute atomic E-state index is 0.0411. The van der Waals surface area contributed by atoms with Gasteiger partial charge in [0.15, 0.2) is 5.65 Å². The minimum atomic E-state index is -3.35. The molecule has 2 atom stereocenters. The van der Waals surface area contributed by atoms with Gasteiger partial charge < -0.3 is 20.0 Å². The summed E-state index contributed by atoms with van der Waals surface area (Å²) in [5.74, 6) is -1.26. The van der Waals surface area contributed by atoms with Crippen LogP contribution in [0.5, 0.6) is 0 Å². The third-order valence-electron chi connectivity index (χ3n) is 6.74. The summed E-state index contributed by atoms with van der Waals surface area (Å²) >= 11 is 0. The van der Waals surface area contributed by atoms with Crippen LogP contribution in [0.2, 0.25) is 0 Å². The maximum atomic E-state index is 14.7. The largest absolute Gasteiger partial charge is 0.369 e. The van der Waals surface area contributed by atoms with Gasteiger partial charge in [-0.2, -0.15) is 5.10 Å². The topological polar surface area (TPSA) is 69.0 Å². The van der Waals surface area contributed by atoms with E-state index in [9.17, 15) is 13.6 Å². The van der Waals surface area contributed by atoms with E-state index in [2.05, 4.69) is 15.4 Å². The van der Waals surface area contributed by atoms with Gasteiger partial charge in [-0.3, -0.25) is 4.79 Å². The molecule has 2 aliphatic heterocycles. The van der Waals surface area contributed by atoms with Crippen LogP contribution < -0.4 is 15.1 Å². The van der Waals surface area contributed by atoms with Crippen molar-refractivity contribution in [3.8, 4) is 0 Å². The molecule has 2 aromatic heterocycles. The second kappa shape index (κ2) is 10.3. The molecule has 202 valence electrons. The van der Waals surface area contributed by atoms with Crippen molar-refractivity contribution in [2.24, 2.45) is 0 Å². The highest BCUT2D eigenvalue weighted by atomic mass is 19.1. The lowest BCUT2D eigenvalue weighted by molar-refractivity contribution is 0.102. The number of nitrogens with zero attached hydrogens (tertiary/aromatic N) is 6. The van der Waals surface area contributed by atoms with Crippen molar-refractivity contribution in [1.82, 2.24) is 19.5 Å². The number of benzene rings is 2. The molecule has 2 unspecified atom stereocenters. The van der Waals surface area contributed by atoms with Crippen LogP contribution >= 0.6 is 0 Å². The molecule has 0 radical (unpaired) electrons. The quantitative estimate of drug-likeness (QED) is 0.394. The summed E-state index contributed by atoms with van der Waals surface area (Å²) in [5.41, 5.74) is 0.498. The van der Waals surface area contributed by atoms with Gasteiger partial charge in [-0.1, -0.05) is 0 Å². The number of hydrogen-bond donors (Lipinski definition) is 1. The lowest BCUT2D eigenvalue weighted by Gasteiger charge is -2.39. The fraction of sp³-hybridized carbons (Fsp3) is 0.345. The Morgan fingerprint density at radius 1 is 1.18 bits per heavy atom. The van der Waals surface area contributed by atoms with Gasteiger partial charge in [-0.15, -0.1) is 0 Å². The van der Waals surface area contributed by atoms with Gasteiger partial charge in [0.2, 0.25) is 0 Å². The standard InChI is InChI=1S/C29H31F2N7O/c1-19-18-36(15-14-35(19)2)22-8-5-20(6-9-22)29(39)33-25-17-32-38-13-11-27(34-28(25)38)37-12-3-4-26(37)23-16-21(30)7-10-24(23)31/h5-11,13,16-17,19,26H,3-4,12,14-15,18H2,1-2H3,(H,33,39)/i2D3,14D2,15D2,18D2,19D. The first-order valence-electron chi connectivity index (χ1n) is 17.3. The van der Waals surface area contributed by atoms with E-state index in [4.69, 9.17) is 13.7 Å². The normalized spacial score (nSPS) is 30.0. The summed E-state index contributed by atoms with van der Waals surface area (Å²) in [4.78, 5) is 20.1. The maximum absolute atomic E-state index is 14.7. The molecule has 0 spiro atoms. The molecule has 1 N–H and O–H groups in total. The van der Waals surface area contributed by atoms with Gasteiger partial charge in [0, 0.05) is 63.3 Å². The number of anilines is 3. The first-order chi connectivity index (χ1) is 22.7. The molecule has 0 aliphatic carbocycles. The Bertz CT molecular complexity index is 1890. The van der Waals surface area contributed by atoms with Gasteiger partial charge in [-0.25, -0.2) is 18.3 Å². The number of likely N-dealkylation sites (N-methyl/N-ethyl adjacent to an activating group) is 1. The summed E-state index contributed by atoms with van der Waals surface area (Å²) in [7, 11) is 0. The van der Waals surface area contributed by atoms with E-state index < -0.39 is 56.1 Å².